The molecule has 1 aliphatic carbocycles. The molecule has 0 bridgehead atoms. The van der Waals surface area contributed by atoms with Gasteiger partial charge in [-0.2, -0.15) is 5.10 Å². The number of amides is 4. The number of nitrogens with zero attached hydrogens (tertiary/aromatic N) is 2. The summed E-state index contributed by atoms with van der Waals surface area (Å²) in [4.78, 5) is 47.6. The molecule has 1 aromatic rings. The summed E-state index contributed by atoms with van der Waals surface area (Å²) in [7, 11) is 0. The van der Waals surface area contributed by atoms with E-state index >= 15 is 0 Å². The fraction of sp³-hybridized carbons (Fsp3) is 0.450. The van der Waals surface area contributed by atoms with E-state index in [-0.39, 0.29) is 24.8 Å². The topological polar surface area (TPSA) is 117 Å². The van der Waals surface area contributed by atoms with Crippen molar-refractivity contribution in [2.45, 2.75) is 51.2 Å². The van der Waals surface area contributed by atoms with Crippen LogP contribution in [0.25, 0.3) is 0 Å². The molecule has 1 aromatic carbocycles. The third-order valence-electron chi connectivity index (χ3n) is 4.57. The first-order valence-corrected chi connectivity index (χ1v) is 9.66. The Labute approximate surface area is 168 Å². The lowest BCUT2D eigenvalue weighted by atomic mass is 10.1. The SMILES string of the molecule is CC(OC(=O)CCC(=O)N1CCC(c2ccccc2)=N1)C(=O)NC(=O)NC1CC1. The zero-order valence-corrected chi connectivity index (χ0v) is 16.2. The number of ether oxygens (including phenoxy) is 1. The fourth-order valence-electron chi connectivity index (χ4n) is 2.78. The van der Waals surface area contributed by atoms with Crippen LogP contribution in [0.2, 0.25) is 0 Å². The highest BCUT2D eigenvalue weighted by Crippen LogP contribution is 2.18. The first-order chi connectivity index (χ1) is 13.9. The number of carbonyl (C=O) groups is 4. The number of carbonyl (C=O) groups excluding carboxylic acids is 4. The normalized spacial score (nSPS) is 16.6. The molecule has 0 radical (unpaired) electrons. The molecule has 2 N–H and O–H groups in total. The smallest absolute Gasteiger partial charge is 0.321 e. The number of benzene rings is 1. The van der Waals surface area contributed by atoms with Gasteiger partial charge in [-0.3, -0.25) is 19.7 Å². The minimum absolute atomic E-state index is 0.0685. The molecule has 154 valence electrons. The Morgan fingerprint density at radius 1 is 1.17 bits per heavy atom. The number of hydrogen-bond acceptors (Lipinski definition) is 6. The molecular formula is C20H24N4O5. The van der Waals surface area contributed by atoms with Gasteiger partial charge in [-0.1, -0.05) is 30.3 Å². The second-order valence-electron chi connectivity index (χ2n) is 7.05. The maximum Gasteiger partial charge on any atom is 0.321 e. The summed E-state index contributed by atoms with van der Waals surface area (Å²) in [5.74, 6) is -1.68. The van der Waals surface area contributed by atoms with Gasteiger partial charge in [0.2, 0.25) is 5.91 Å². The first-order valence-electron chi connectivity index (χ1n) is 9.66. The van der Waals surface area contributed by atoms with Crippen LogP contribution in [-0.4, -0.2) is 53.2 Å². The van der Waals surface area contributed by atoms with Crippen LogP contribution >= 0.6 is 0 Å². The van der Waals surface area contributed by atoms with Crippen LogP contribution in [0.3, 0.4) is 0 Å². The third-order valence-corrected chi connectivity index (χ3v) is 4.57. The van der Waals surface area contributed by atoms with E-state index in [1.807, 2.05) is 30.3 Å². The van der Waals surface area contributed by atoms with E-state index in [2.05, 4.69) is 15.7 Å². The molecule has 0 aromatic heterocycles. The molecule has 1 fully saturated rings. The molecule has 29 heavy (non-hydrogen) atoms. The largest absolute Gasteiger partial charge is 0.453 e. The van der Waals surface area contributed by atoms with E-state index in [4.69, 9.17) is 4.74 Å². The monoisotopic (exact) mass is 400 g/mol. The number of imide groups is 1. The molecule has 9 nitrogen and oxygen atoms in total. The molecular weight excluding hydrogens is 376 g/mol. The maximum absolute atomic E-state index is 12.3. The van der Waals surface area contributed by atoms with Crippen molar-refractivity contribution in [1.29, 1.82) is 0 Å². The van der Waals surface area contributed by atoms with Crippen molar-refractivity contribution >= 4 is 29.5 Å². The summed E-state index contributed by atoms with van der Waals surface area (Å²) >= 11 is 0. The number of hydrogen-bond donors (Lipinski definition) is 2. The van der Waals surface area contributed by atoms with E-state index in [1.54, 1.807) is 0 Å². The maximum atomic E-state index is 12.3. The average Bonchev–Trinajstić information content (AvgIpc) is 3.37. The van der Waals surface area contributed by atoms with Gasteiger partial charge < -0.3 is 10.1 Å². The molecule has 2 aliphatic rings. The summed E-state index contributed by atoms with van der Waals surface area (Å²) in [6, 6.07) is 9.10. The van der Waals surface area contributed by atoms with Crippen LogP contribution in [-0.2, 0) is 19.1 Å². The van der Waals surface area contributed by atoms with Crippen molar-refractivity contribution in [2.75, 3.05) is 6.54 Å². The summed E-state index contributed by atoms with van der Waals surface area (Å²) in [6.07, 6.45) is 1.08. The van der Waals surface area contributed by atoms with Gasteiger partial charge in [0.15, 0.2) is 6.10 Å². The molecule has 9 heteroatoms. The number of hydrazone groups is 1. The quantitative estimate of drug-likeness (QED) is 0.670. The van der Waals surface area contributed by atoms with Crippen molar-refractivity contribution in [1.82, 2.24) is 15.6 Å². The molecule has 1 atom stereocenters. The highest BCUT2D eigenvalue weighted by Gasteiger charge is 2.26. The Hall–Kier alpha value is -3.23. The standard InChI is InChI=1S/C20H24N4O5/c1-13(19(27)22-20(28)21-15-7-8-15)29-18(26)10-9-17(25)24-12-11-16(23-24)14-5-3-2-4-6-14/h2-6,13,15H,7-12H2,1H3,(H2,21,22,27,28). The molecule has 1 unspecified atom stereocenters. The van der Waals surface area contributed by atoms with Gasteiger partial charge in [0.05, 0.1) is 18.7 Å². The Morgan fingerprint density at radius 3 is 2.59 bits per heavy atom. The van der Waals surface area contributed by atoms with Gasteiger partial charge in [0.1, 0.15) is 0 Å². The summed E-state index contributed by atoms with van der Waals surface area (Å²) in [5, 5.41) is 10.4. The lowest BCUT2D eigenvalue weighted by Crippen LogP contribution is -2.45. The second kappa shape index (κ2) is 9.31. The number of esters is 1. The van der Waals surface area contributed by atoms with Crippen molar-refractivity contribution in [3.63, 3.8) is 0 Å². The van der Waals surface area contributed by atoms with Crippen LogP contribution in [0.4, 0.5) is 4.79 Å². The highest BCUT2D eigenvalue weighted by molar-refractivity contribution is 6.02. The minimum atomic E-state index is -1.13. The number of urea groups is 1. The average molecular weight is 400 g/mol. The predicted molar refractivity (Wildman–Crippen MR) is 104 cm³/mol. The van der Waals surface area contributed by atoms with Gasteiger partial charge in [0.25, 0.3) is 5.91 Å². The zero-order valence-electron chi connectivity index (χ0n) is 16.2. The molecule has 0 spiro atoms. The Balaban J connectivity index is 1.39. The van der Waals surface area contributed by atoms with Gasteiger partial charge in [0, 0.05) is 18.9 Å². The van der Waals surface area contributed by atoms with Crippen LogP contribution in [0.15, 0.2) is 35.4 Å². The summed E-state index contributed by atoms with van der Waals surface area (Å²) in [6.45, 7) is 1.84. The van der Waals surface area contributed by atoms with Gasteiger partial charge in [-0.05, 0) is 25.3 Å². The van der Waals surface area contributed by atoms with E-state index in [0.29, 0.717) is 13.0 Å². The van der Waals surface area contributed by atoms with Crippen LogP contribution in [0.5, 0.6) is 0 Å². The van der Waals surface area contributed by atoms with Crippen molar-refractivity contribution < 1.29 is 23.9 Å². The van der Waals surface area contributed by atoms with E-state index in [0.717, 1.165) is 24.1 Å². The molecule has 1 saturated carbocycles. The Bertz CT molecular complexity index is 819. The molecule has 1 aliphatic heterocycles. The summed E-state index contributed by atoms with van der Waals surface area (Å²) in [5.41, 5.74) is 1.80. The molecule has 0 saturated heterocycles. The van der Waals surface area contributed by atoms with Crippen LogP contribution < -0.4 is 10.6 Å². The minimum Gasteiger partial charge on any atom is -0.453 e. The van der Waals surface area contributed by atoms with Crippen LogP contribution in [0.1, 0.15) is 44.6 Å². The summed E-state index contributed by atoms with van der Waals surface area (Å²) < 4.78 is 5.00. The van der Waals surface area contributed by atoms with Crippen molar-refractivity contribution in [3.8, 4) is 0 Å². The number of nitrogens with one attached hydrogen (secondary N) is 2. The van der Waals surface area contributed by atoms with Crippen LogP contribution in [0, 0.1) is 0 Å². The van der Waals surface area contributed by atoms with Crippen molar-refractivity contribution in [2.24, 2.45) is 5.10 Å². The predicted octanol–water partition coefficient (Wildman–Crippen LogP) is 1.32. The third kappa shape index (κ3) is 6.13. The molecule has 4 amide bonds. The second-order valence-corrected chi connectivity index (χ2v) is 7.05. The van der Waals surface area contributed by atoms with Gasteiger partial charge in [-0.15, -0.1) is 0 Å². The number of rotatable bonds is 7. The van der Waals surface area contributed by atoms with Gasteiger partial charge in [-0.25, -0.2) is 9.80 Å². The van der Waals surface area contributed by atoms with E-state index in [1.165, 1.54) is 11.9 Å². The van der Waals surface area contributed by atoms with Crippen molar-refractivity contribution in [3.05, 3.63) is 35.9 Å². The molecule has 3 rings (SSSR count). The highest BCUT2D eigenvalue weighted by atomic mass is 16.5. The van der Waals surface area contributed by atoms with E-state index < -0.39 is 24.0 Å². The van der Waals surface area contributed by atoms with E-state index in [9.17, 15) is 19.2 Å². The molecule has 1 heterocycles. The fourth-order valence-corrected chi connectivity index (χ4v) is 2.78. The Morgan fingerprint density at radius 2 is 1.90 bits per heavy atom. The lowest BCUT2D eigenvalue weighted by Gasteiger charge is -2.14. The first kappa shape index (κ1) is 20.5. The zero-order chi connectivity index (χ0) is 20.8. The lowest BCUT2D eigenvalue weighted by molar-refractivity contribution is -0.155. The Kier molecular flexibility index (Phi) is 6.58. The van der Waals surface area contributed by atoms with Gasteiger partial charge >= 0.3 is 12.0 Å².